The summed E-state index contributed by atoms with van der Waals surface area (Å²) in [5.41, 5.74) is 5.72. The topological polar surface area (TPSA) is 71.6 Å². The van der Waals surface area contributed by atoms with E-state index in [2.05, 4.69) is 16.2 Å². The largest absolute Gasteiger partial charge is 0.497 e. The maximum Gasteiger partial charge on any atom is 0.269 e. The van der Waals surface area contributed by atoms with E-state index in [1.165, 1.54) is 0 Å². The molecule has 0 spiro atoms. The molecule has 1 aliphatic heterocycles. The van der Waals surface area contributed by atoms with Crippen LogP contribution in [-0.4, -0.2) is 37.4 Å². The molecule has 114 valence electrons. The van der Waals surface area contributed by atoms with Gasteiger partial charge >= 0.3 is 0 Å². The fourth-order valence-corrected chi connectivity index (χ4v) is 2.12. The second-order valence-electron chi connectivity index (χ2n) is 4.65. The van der Waals surface area contributed by atoms with Crippen LogP contribution in [0.1, 0.15) is 23.2 Å². The third-order valence-electron chi connectivity index (χ3n) is 3.16. The molecule has 0 aromatic heterocycles. The average Bonchev–Trinajstić information content (AvgIpc) is 3.04. The van der Waals surface area contributed by atoms with Crippen molar-refractivity contribution in [1.29, 1.82) is 0 Å². The first-order valence-electron chi connectivity index (χ1n) is 6.79. The zero-order valence-electron chi connectivity index (χ0n) is 11.8. The molecule has 2 rings (SSSR count). The normalized spacial score (nSPS) is 17.1. The maximum atomic E-state index is 11.9. The Morgan fingerprint density at radius 3 is 2.76 bits per heavy atom. The van der Waals surface area contributed by atoms with Gasteiger partial charge in [0, 0.05) is 18.7 Å². The second kappa shape index (κ2) is 7.80. The van der Waals surface area contributed by atoms with Crippen LogP contribution in [0, 0.1) is 0 Å². The Morgan fingerprint density at radius 1 is 1.38 bits per heavy atom. The number of carbonyl (C=O) groups excluding carboxylic acids is 1. The number of hydrogen-bond acceptors (Lipinski definition) is 4. The molecule has 1 aliphatic rings. The highest BCUT2D eigenvalue weighted by Crippen LogP contribution is 2.11. The number of methoxy groups -OCH3 is 1. The third-order valence-corrected chi connectivity index (χ3v) is 3.40. The van der Waals surface area contributed by atoms with Crippen molar-refractivity contribution >= 4 is 23.2 Å². The van der Waals surface area contributed by atoms with Crippen LogP contribution in [0.4, 0.5) is 0 Å². The smallest absolute Gasteiger partial charge is 0.269 e. The van der Waals surface area contributed by atoms with Gasteiger partial charge in [-0.15, -0.1) is 0 Å². The summed E-state index contributed by atoms with van der Waals surface area (Å²) in [5.74, 6) is 0.437. The predicted octanol–water partition coefficient (Wildman–Crippen LogP) is 0.983. The van der Waals surface area contributed by atoms with E-state index in [4.69, 9.17) is 21.7 Å². The van der Waals surface area contributed by atoms with Crippen LogP contribution in [0.3, 0.4) is 0 Å². The molecule has 1 aromatic carbocycles. The van der Waals surface area contributed by atoms with Crippen molar-refractivity contribution < 1.29 is 14.3 Å². The molecule has 3 N–H and O–H groups in total. The molecule has 1 fully saturated rings. The van der Waals surface area contributed by atoms with Crippen LogP contribution in [0.5, 0.6) is 5.75 Å². The van der Waals surface area contributed by atoms with Crippen molar-refractivity contribution in [2.45, 2.75) is 18.9 Å². The summed E-state index contributed by atoms with van der Waals surface area (Å²) in [5, 5.41) is 3.38. The monoisotopic (exact) mass is 309 g/mol. The molecule has 6 nitrogen and oxygen atoms in total. The van der Waals surface area contributed by atoms with Gasteiger partial charge in [0.05, 0.1) is 13.2 Å². The van der Waals surface area contributed by atoms with Crippen molar-refractivity contribution in [3.63, 3.8) is 0 Å². The van der Waals surface area contributed by atoms with Gasteiger partial charge in [0.2, 0.25) is 0 Å². The fraction of sp³-hybridized carbons (Fsp3) is 0.429. The summed E-state index contributed by atoms with van der Waals surface area (Å²) in [6.07, 6.45) is 2.32. The van der Waals surface area contributed by atoms with Gasteiger partial charge in [0.15, 0.2) is 5.11 Å². The van der Waals surface area contributed by atoms with Crippen LogP contribution in [0.15, 0.2) is 24.3 Å². The van der Waals surface area contributed by atoms with Gasteiger partial charge < -0.3 is 14.8 Å². The fourth-order valence-electron chi connectivity index (χ4n) is 1.98. The van der Waals surface area contributed by atoms with Gasteiger partial charge in [-0.3, -0.25) is 15.6 Å². The van der Waals surface area contributed by atoms with Crippen molar-refractivity contribution in [3.05, 3.63) is 29.8 Å². The van der Waals surface area contributed by atoms with Crippen LogP contribution in [0.25, 0.3) is 0 Å². The number of rotatable bonds is 4. The van der Waals surface area contributed by atoms with E-state index in [1.54, 1.807) is 31.4 Å². The molecular formula is C14H19N3O3S. The lowest BCUT2D eigenvalue weighted by atomic mass is 10.2. The summed E-state index contributed by atoms with van der Waals surface area (Å²) in [6, 6.07) is 6.81. The van der Waals surface area contributed by atoms with Gasteiger partial charge in [-0.1, -0.05) is 0 Å². The summed E-state index contributed by atoms with van der Waals surface area (Å²) in [4.78, 5) is 11.9. The lowest BCUT2D eigenvalue weighted by Gasteiger charge is -2.14. The lowest BCUT2D eigenvalue weighted by molar-refractivity contribution is 0.0943. The highest BCUT2D eigenvalue weighted by molar-refractivity contribution is 7.80. The molecule has 21 heavy (non-hydrogen) atoms. The van der Waals surface area contributed by atoms with Crippen LogP contribution in [-0.2, 0) is 4.74 Å². The van der Waals surface area contributed by atoms with E-state index >= 15 is 0 Å². The van der Waals surface area contributed by atoms with E-state index in [0.717, 1.165) is 19.4 Å². The molecule has 1 atom stereocenters. The van der Waals surface area contributed by atoms with Crippen LogP contribution in [0.2, 0.25) is 0 Å². The first-order chi connectivity index (χ1) is 10.2. The van der Waals surface area contributed by atoms with E-state index in [0.29, 0.717) is 23.0 Å². The third kappa shape index (κ3) is 4.87. The molecule has 1 heterocycles. The first-order valence-corrected chi connectivity index (χ1v) is 7.19. The second-order valence-corrected chi connectivity index (χ2v) is 5.06. The van der Waals surface area contributed by atoms with E-state index in [1.807, 2.05) is 0 Å². The maximum absolute atomic E-state index is 11.9. The van der Waals surface area contributed by atoms with Crippen LogP contribution >= 0.6 is 12.2 Å². The quantitative estimate of drug-likeness (QED) is 0.569. The lowest BCUT2D eigenvalue weighted by Crippen LogP contribution is -2.48. The molecule has 7 heteroatoms. The molecule has 1 saturated heterocycles. The molecule has 0 radical (unpaired) electrons. The van der Waals surface area contributed by atoms with Gasteiger partial charge in [-0.05, 0) is 49.3 Å². The van der Waals surface area contributed by atoms with Crippen LogP contribution < -0.4 is 20.9 Å². The Labute approximate surface area is 129 Å². The number of thiocarbonyl (C=S) groups is 1. The Hall–Kier alpha value is -1.86. The number of nitrogens with one attached hydrogen (secondary N) is 3. The summed E-state index contributed by atoms with van der Waals surface area (Å²) >= 11 is 5.08. The molecule has 0 bridgehead atoms. The number of benzene rings is 1. The van der Waals surface area contributed by atoms with Gasteiger partial charge in [-0.2, -0.15) is 0 Å². The predicted molar refractivity (Wildman–Crippen MR) is 83.2 cm³/mol. The number of hydrogen-bond donors (Lipinski definition) is 3. The standard InChI is InChI=1S/C14H19N3O3S/c1-19-11-6-4-10(5-7-11)13(18)16-17-14(21)15-9-12-3-2-8-20-12/h4-7,12H,2-3,8-9H2,1H3,(H,16,18)(H2,15,17,21). The molecular weight excluding hydrogens is 290 g/mol. The number of amides is 1. The minimum Gasteiger partial charge on any atom is -0.497 e. The van der Waals surface area contributed by atoms with E-state index < -0.39 is 0 Å². The van der Waals surface area contributed by atoms with Crippen molar-refractivity contribution in [1.82, 2.24) is 16.2 Å². The van der Waals surface area contributed by atoms with Crippen molar-refractivity contribution in [3.8, 4) is 5.75 Å². The molecule has 1 amide bonds. The van der Waals surface area contributed by atoms with E-state index in [-0.39, 0.29) is 12.0 Å². The molecule has 1 aromatic rings. The Bertz CT molecular complexity index is 487. The Kier molecular flexibility index (Phi) is 5.77. The Balaban J connectivity index is 1.70. The number of ether oxygens (including phenoxy) is 2. The zero-order valence-corrected chi connectivity index (χ0v) is 12.7. The highest BCUT2D eigenvalue weighted by Gasteiger charge is 2.15. The molecule has 1 unspecified atom stereocenters. The highest BCUT2D eigenvalue weighted by atomic mass is 32.1. The molecule has 0 aliphatic carbocycles. The SMILES string of the molecule is COc1ccc(C(=O)NNC(=S)NCC2CCCO2)cc1. The van der Waals surface area contributed by atoms with Crippen molar-refractivity contribution in [2.75, 3.05) is 20.3 Å². The number of carbonyl (C=O) groups is 1. The summed E-state index contributed by atoms with van der Waals surface area (Å²) in [7, 11) is 1.58. The van der Waals surface area contributed by atoms with Gasteiger partial charge in [0.25, 0.3) is 5.91 Å². The number of hydrazine groups is 1. The summed E-state index contributed by atoms with van der Waals surface area (Å²) < 4.78 is 10.5. The minimum absolute atomic E-state index is 0.196. The van der Waals surface area contributed by atoms with Crippen molar-refractivity contribution in [2.24, 2.45) is 0 Å². The first kappa shape index (κ1) is 15.5. The van der Waals surface area contributed by atoms with Gasteiger partial charge in [-0.25, -0.2) is 0 Å². The summed E-state index contributed by atoms with van der Waals surface area (Å²) in [6.45, 7) is 1.45. The minimum atomic E-state index is -0.265. The van der Waals surface area contributed by atoms with Gasteiger partial charge in [0.1, 0.15) is 5.75 Å². The van der Waals surface area contributed by atoms with E-state index in [9.17, 15) is 4.79 Å². The Morgan fingerprint density at radius 2 is 2.14 bits per heavy atom. The average molecular weight is 309 g/mol. The molecule has 0 saturated carbocycles. The zero-order chi connectivity index (χ0) is 15.1.